The number of rotatable bonds is 6. The number of carbonyl (C=O) groups excluding carboxylic acids is 1. The number of nitrogens with zero attached hydrogens (tertiary/aromatic N) is 4. The summed E-state index contributed by atoms with van der Waals surface area (Å²) in [7, 11) is 1.25. The summed E-state index contributed by atoms with van der Waals surface area (Å²) in [6.45, 7) is -0.518. The minimum Gasteiger partial charge on any atom is -0.383 e. The molecule has 3 rings (SSSR count). The predicted molar refractivity (Wildman–Crippen MR) is 112 cm³/mol. The van der Waals surface area contributed by atoms with Crippen LogP contribution in [0.5, 0.6) is 0 Å². The third-order valence-electron chi connectivity index (χ3n) is 4.59. The summed E-state index contributed by atoms with van der Waals surface area (Å²) in [4.78, 5) is 62.5. The fourth-order valence-electron chi connectivity index (χ4n) is 2.95. The first-order valence-electron chi connectivity index (χ1n) is 8.97. The molecule has 12 heteroatoms. The van der Waals surface area contributed by atoms with Crippen LogP contribution < -0.4 is 27.4 Å². The molecule has 1 aromatic carbocycles. The molecule has 0 saturated carbocycles. The number of nitrogens with one attached hydrogen (secondary N) is 1. The van der Waals surface area contributed by atoms with Gasteiger partial charge in [0.1, 0.15) is 12.4 Å². The van der Waals surface area contributed by atoms with Gasteiger partial charge in [0.05, 0.1) is 17.7 Å². The van der Waals surface area contributed by atoms with E-state index in [1.807, 2.05) is 0 Å². The van der Waals surface area contributed by atoms with E-state index in [4.69, 9.17) is 5.73 Å². The molecule has 0 spiro atoms. The van der Waals surface area contributed by atoms with E-state index < -0.39 is 34.2 Å². The van der Waals surface area contributed by atoms with Gasteiger partial charge in [-0.3, -0.25) is 38.6 Å². The highest BCUT2D eigenvalue weighted by Gasteiger charge is 2.22. The fraction of sp³-hybridized carbons (Fsp3) is 0.158. The number of aromatic amines is 1. The van der Waals surface area contributed by atoms with Gasteiger partial charge in [0.2, 0.25) is 5.91 Å². The number of nitrogens with two attached hydrogens (primary N) is 1. The lowest BCUT2D eigenvalue weighted by molar-refractivity contribution is -0.385. The lowest BCUT2D eigenvalue weighted by Gasteiger charge is -2.20. The van der Waals surface area contributed by atoms with Crippen molar-refractivity contribution in [2.75, 3.05) is 17.7 Å². The van der Waals surface area contributed by atoms with E-state index in [0.29, 0.717) is 0 Å². The number of amides is 1. The van der Waals surface area contributed by atoms with Crippen molar-refractivity contribution >= 4 is 23.1 Å². The molecule has 0 radical (unpaired) electrons. The molecular formula is C19H18N6O6. The summed E-state index contributed by atoms with van der Waals surface area (Å²) in [5, 5.41) is 10.9. The van der Waals surface area contributed by atoms with Crippen molar-refractivity contribution in [1.82, 2.24) is 14.1 Å². The summed E-state index contributed by atoms with van der Waals surface area (Å²) in [5.41, 5.74) is 3.88. The number of nitro groups is 1. The van der Waals surface area contributed by atoms with Gasteiger partial charge >= 0.3 is 5.69 Å². The number of likely N-dealkylation sites (N-methyl/N-ethyl adjacent to an activating group) is 1. The number of anilines is 2. The van der Waals surface area contributed by atoms with E-state index in [1.54, 1.807) is 30.3 Å². The second-order valence-electron chi connectivity index (χ2n) is 6.63. The van der Waals surface area contributed by atoms with Gasteiger partial charge in [0.15, 0.2) is 5.69 Å². The molecule has 2 aromatic heterocycles. The highest BCUT2D eigenvalue weighted by Crippen LogP contribution is 2.17. The minimum absolute atomic E-state index is 0.0572. The highest BCUT2D eigenvalue weighted by atomic mass is 16.6. The Hall–Kier alpha value is -4.48. The maximum atomic E-state index is 12.7. The van der Waals surface area contributed by atoms with Gasteiger partial charge in [0.25, 0.3) is 16.8 Å². The molecule has 0 aliphatic carbocycles. The molecule has 0 atom stereocenters. The van der Waals surface area contributed by atoms with Gasteiger partial charge in [-0.15, -0.1) is 0 Å². The fourth-order valence-corrected chi connectivity index (χ4v) is 2.95. The van der Waals surface area contributed by atoms with Crippen molar-refractivity contribution < 1.29 is 9.72 Å². The molecule has 0 aliphatic rings. The molecule has 31 heavy (non-hydrogen) atoms. The van der Waals surface area contributed by atoms with Gasteiger partial charge in [-0.2, -0.15) is 0 Å². The molecule has 2 heterocycles. The van der Waals surface area contributed by atoms with E-state index in [0.717, 1.165) is 37.9 Å². The minimum atomic E-state index is -0.881. The monoisotopic (exact) mass is 426 g/mol. The van der Waals surface area contributed by atoms with Crippen molar-refractivity contribution in [3.05, 3.63) is 95.5 Å². The number of benzene rings is 1. The topological polar surface area (TPSA) is 166 Å². The van der Waals surface area contributed by atoms with Gasteiger partial charge in [-0.05, 0) is 5.56 Å². The molecular weight excluding hydrogens is 408 g/mol. The maximum Gasteiger partial charge on any atom is 0.330 e. The summed E-state index contributed by atoms with van der Waals surface area (Å²) in [5.74, 6) is -0.982. The average Bonchev–Trinajstić information content (AvgIpc) is 2.73. The van der Waals surface area contributed by atoms with E-state index in [2.05, 4.69) is 4.98 Å². The van der Waals surface area contributed by atoms with Crippen molar-refractivity contribution in [1.29, 1.82) is 0 Å². The van der Waals surface area contributed by atoms with Crippen molar-refractivity contribution in [3.63, 3.8) is 0 Å². The van der Waals surface area contributed by atoms with E-state index in [9.17, 15) is 29.3 Å². The first-order chi connectivity index (χ1) is 14.7. The third kappa shape index (κ3) is 4.42. The zero-order valence-corrected chi connectivity index (χ0v) is 16.3. The molecule has 12 nitrogen and oxygen atoms in total. The highest BCUT2D eigenvalue weighted by molar-refractivity contribution is 5.94. The number of aromatic nitrogens is 3. The second kappa shape index (κ2) is 8.49. The molecule has 0 fully saturated rings. The van der Waals surface area contributed by atoms with Gasteiger partial charge < -0.3 is 10.6 Å². The SMILES string of the molecule is CN(C(=O)Cn1cc([N+](=O)[O-])ccc1=O)c1c(N)n(Cc2ccccc2)c(=O)[nH]c1=O. The van der Waals surface area contributed by atoms with Crippen LogP contribution in [-0.4, -0.2) is 32.0 Å². The van der Waals surface area contributed by atoms with Crippen LogP contribution >= 0.6 is 0 Å². The summed E-state index contributed by atoms with van der Waals surface area (Å²) < 4.78 is 1.96. The van der Waals surface area contributed by atoms with Gasteiger partial charge in [-0.1, -0.05) is 30.3 Å². The standard InChI is InChI=1S/C19H18N6O6/c1-22(15(27)11-23-10-13(25(30)31)7-8-14(23)26)16-17(20)24(19(29)21-18(16)28)9-12-5-3-2-4-6-12/h2-8,10H,9,11,20H2,1H3,(H,21,28,29). The van der Waals surface area contributed by atoms with Crippen LogP contribution in [0.15, 0.2) is 63.0 Å². The summed E-state index contributed by atoms with van der Waals surface area (Å²) in [6.07, 6.45) is 0.929. The number of nitrogen functional groups attached to an aromatic ring is 1. The predicted octanol–water partition coefficient (Wildman–Crippen LogP) is -0.100. The summed E-state index contributed by atoms with van der Waals surface area (Å²) in [6, 6.07) is 10.9. The zero-order chi connectivity index (χ0) is 22.7. The first-order valence-corrected chi connectivity index (χ1v) is 8.97. The Bertz CT molecular complexity index is 1320. The second-order valence-corrected chi connectivity index (χ2v) is 6.63. The molecule has 160 valence electrons. The summed E-state index contributed by atoms with van der Waals surface area (Å²) >= 11 is 0. The lowest BCUT2D eigenvalue weighted by Crippen LogP contribution is -2.41. The molecule has 0 bridgehead atoms. The largest absolute Gasteiger partial charge is 0.383 e. The number of H-pyrrole nitrogens is 1. The number of hydrogen-bond donors (Lipinski definition) is 2. The number of carbonyl (C=O) groups is 1. The van der Waals surface area contributed by atoms with Crippen LogP contribution in [0.4, 0.5) is 17.2 Å². The number of hydrogen-bond acceptors (Lipinski definition) is 7. The molecule has 3 N–H and O–H groups in total. The van der Waals surface area contributed by atoms with Crippen molar-refractivity contribution in [3.8, 4) is 0 Å². The first kappa shape index (κ1) is 21.2. The quantitative estimate of drug-likeness (QED) is 0.410. The van der Waals surface area contributed by atoms with Crippen LogP contribution in [0.25, 0.3) is 0 Å². The lowest BCUT2D eigenvalue weighted by atomic mass is 10.2. The van der Waals surface area contributed by atoms with Gasteiger partial charge in [0, 0.05) is 19.2 Å². The van der Waals surface area contributed by atoms with E-state index in [1.165, 1.54) is 7.05 Å². The maximum absolute atomic E-state index is 12.7. The number of pyridine rings is 1. The Kier molecular flexibility index (Phi) is 5.81. The van der Waals surface area contributed by atoms with Crippen LogP contribution in [0.1, 0.15) is 5.56 Å². The Balaban J connectivity index is 1.96. The van der Waals surface area contributed by atoms with E-state index >= 15 is 0 Å². The van der Waals surface area contributed by atoms with Crippen molar-refractivity contribution in [2.45, 2.75) is 13.1 Å². The average molecular weight is 426 g/mol. The molecule has 3 aromatic rings. The van der Waals surface area contributed by atoms with Crippen LogP contribution in [-0.2, 0) is 17.9 Å². The zero-order valence-electron chi connectivity index (χ0n) is 16.3. The van der Waals surface area contributed by atoms with E-state index in [-0.39, 0.29) is 23.7 Å². The Morgan fingerprint density at radius 2 is 1.84 bits per heavy atom. The Morgan fingerprint density at radius 1 is 1.16 bits per heavy atom. The van der Waals surface area contributed by atoms with Gasteiger partial charge in [-0.25, -0.2) is 4.79 Å². The Morgan fingerprint density at radius 3 is 2.48 bits per heavy atom. The normalized spacial score (nSPS) is 10.6. The smallest absolute Gasteiger partial charge is 0.330 e. The molecule has 0 unspecified atom stereocenters. The Labute approximate surface area is 173 Å². The van der Waals surface area contributed by atoms with Crippen LogP contribution in [0.3, 0.4) is 0 Å². The van der Waals surface area contributed by atoms with Crippen molar-refractivity contribution in [2.24, 2.45) is 0 Å². The van der Waals surface area contributed by atoms with Crippen LogP contribution in [0.2, 0.25) is 0 Å². The molecule has 0 saturated heterocycles. The molecule has 0 aliphatic heterocycles. The third-order valence-corrected chi connectivity index (χ3v) is 4.59. The molecule has 1 amide bonds. The van der Waals surface area contributed by atoms with Crippen LogP contribution in [0, 0.1) is 10.1 Å².